The van der Waals surface area contributed by atoms with Crippen molar-refractivity contribution in [1.29, 1.82) is 0 Å². The minimum atomic E-state index is -0.715. The van der Waals surface area contributed by atoms with Crippen LogP contribution in [-0.4, -0.2) is 36.7 Å². The van der Waals surface area contributed by atoms with Crippen LogP contribution in [0.4, 0.5) is 0 Å². The Morgan fingerprint density at radius 2 is 0.795 bits per heavy atom. The quantitative estimate of drug-likeness (QED) is 0.224. The van der Waals surface area contributed by atoms with E-state index < -0.39 is 36.0 Å². The molecule has 0 fully saturated rings. The van der Waals surface area contributed by atoms with Crippen LogP contribution < -0.4 is 0 Å². The van der Waals surface area contributed by atoms with Gasteiger partial charge in [-0.05, 0) is 91.8 Å². The van der Waals surface area contributed by atoms with Gasteiger partial charge < -0.3 is 14.2 Å². The highest BCUT2D eigenvalue weighted by Gasteiger charge is 2.32. The first kappa shape index (κ1) is 29.6. The molecular weight excluding hydrogens is 492 g/mol. The summed E-state index contributed by atoms with van der Waals surface area (Å²) in [4.78, 5) is 38.9. The zero-order valence-electron chi connectivity index (χ0n) is 24.1. The maximum atomic E-state index is 13.0. The van der Waals surface area contributed by atoms with Crippen molar-refractivity contribution >= 4 is 17.9 Å². The molecule has 6 nitrogen and oxygen atoms in total. The highest BCUT2D eigenvalue weighted by atomic mass is 16.6. The Morgan fingerprint density at radius 3 is 1.10 bits per heavy atom. The van der Waals surface area contributed by atoms with E-state index in [0.717, 1.165) is 33.4 Å². The average Bonchev–Trinajstić information content (AvgIpc) is 2.82. The molecule has 0 saturated heterocycles. The summed E-state index contributed by atoms with van der Waals surface area (Å²) < 4.78 is 17.3. The maximum Gasteiger partial charge on any atom is 0.338 e. The molecule has 6 heteroatoms. The third-order valence-electron chi connectivity index (χ3n) is 6.57. The van der Waals surface area contributed by atoms with Crippen LogP contribution in [0, 0.1) is 47.5 Å². The molecule has 206 valence electrons. The van der Waals surface area contributed by atoms with Crippen molar-refractivity contribution in [2.24, 2.45) is 5.92 Å². The number of hydrogen-bond acceptors (Lipinski definition) is 6. The van der Waals surface area contributed by atoms with Gasteiger partial charge in [0.15, 0.2) is 0 Å². The van der Waals surface area contributed by atoms with Crippen molar-refractivity contribution < 1.29 is 28.6 Å². The summed E-state index contributed by atoms with van der Waals surface area (Å²) in [7, 11) is 0. The topological polar surface area (TPSA) is 78.9 Å². The fourth-order valence-electron chi connectivity index (χ4n) is 4.83. The van der Waals surface area contributed by atoms with E-state index in [-0.39, 0.29) is 6.61 Å². The summed E-state index contributed by atoms with van der Waals surface area (Å²) in [5, 5.41) is 0. The van der Waals surface area contributed by atoms with Crippen LogP contribution in [0.15, 0.2) is 54.6 Å². The van der Waals surface area contributed by atoms with Gasteiger partial charge in [0, 0.05) is 0 Å². The van der Waals surface area contributed by atoms with Gasteiger partial charge in [0.05, 0.1) is 22.6 Å². The number of benzene rings is 3. The van der Waals surface area contributed by atoms with E-state index >= 15 is 0 Å². The van der Waals surface area contributed by atoms with Gasteiger partial charge in [-0.15, -0.1) is 0 Å². The van der Waals surface area contributed by atoms with Gasteiger partial charge in [-0.25, -0.2) is 14.4 Å². The second kappa shape index (κ2) is 12.7. The summed E-state index contributed by atoms with van der Waals surface area (Å²) in [6, 6.07) is 16.5. The summed E-state index contributed by atoms with van der Waals surface area (Å²) in [6.07, 6.45) is -1.43. The first-order valence-corrected chi connectivity index (χ1v) is 13.2. The Labute approximate surface area is 231 Å². The largest absolute Gasteiger partial charge is 0.461 e. The van der Waals surface area contributed by atoms with E-state index in [0.29, 0.717) is 16.7 Å². The highest BCUT2D eigenvalue weighted by molar-refractivity contribution is 5.91. The summed E-state index contributed by atoms with van der Waals surface area (Å²) in [5.41, 5.74) is 7.00. The molecule has 3 rings (SSSR count). The monoisotopic (exact) mass is 530 g/mol. The lowest BCUT2D eigenvalue weighted by molar-refractivity contribution is -0.0422. The molecule has 0 heterocycles. The summed E-state index contributed by atoms with van der Waals surface area (Å²) >= 11 is 0. The van der Waals surface area contributed by atoms with E-state index in [4.69, 9.17) is 14.2 Å². The molecule has 0 bridgehead atoms. The zero-order valence-corrected chi connectivity index (χ0v) is 24.1. The first-order valence-electron chi connectivity index (χ1n) is 13.2. The van der Waals surface area contributed by atoms with Gasteiger partial charge in [0.1, 0.15) is 18.8 Å². The van der Waals surface area contributed by atoms with Crippen molar-refractivity contribution in [3.05, 3.63) is 105 Å². The van der Waals surface area contributed by atoms with Crippen LogP contribution in [0.3, 0.4) is 0 Å². The Bertz CT molecular complexity index is 1240. The van der Waals surface area contributed by atoms with Crippen LogP contribution in [-0.2, 0) is 14.2 Å². The molecule has 2 unspecified atom stereocenters. The number of rotatable bonds is 9. The highest BCUT2D eigenvalue weighted by Crippen LogP contribution is 2.22. The normalized spacial score (nSPS) is 13.2. The van der Waals surface area contributed by atoms with E-state index in [9.17, 15) is 14.4 Å². The van der Waals surface area contributed by atoms with Gasteiger partial charge >= 0.3 is 17.9 Å². The molecule has 3 aromatic rings. The SMILES string of the molecule is Cc1cc(C)cc(C(=O)OCC(C(C)OC(=O)c2cc(C)cc(C)c2)C(C)OC(=O)c2cc(C)cc(C)c2)c1. The van der Waals surface area contributed by atoms with Crippen molar-refractivity contribution in [3.8, 4) is 0 Å². The van der Waals surface area contributed by atoms with E-state index in [1.54, 1.807) is 50.2 Å². The minimum Gasteiger partial charge on any atom is -0.461 e. The Hall–Kier alpha value is -3.93. The third-order valence-corrected chi connectivity index (χ3v) is 6.57. The second-order valence-corrected chi connectivity index (χ2v) is 10.6. The number of aryl methyl sites for hydroxylation is 6. The number of esters is 3. The Kier molecular flexibility index (Phi) is 9.68. The predicted octanol–water partition coefficient (Wildman–Crippen LogP) is 6.80. The van der Waals surface area contributed by atoms with Crippen molar-refractivity contribution in [3.63, 3.8) is 0 Å². The number of hydrogen-bond donors (Lipinski definition) is 0. The van der Waals surface area contributed by atoms with Gasteiger partial charge in [0.25, 0.3) is 0 Å². The fourth-order valence-corrected chi connectivity index (χ4v) is 4.83. The first-order chi connectivity index (χ1) is 18.3. The van der Waals surface area contributed by atoms with Crippen molar-refractivity contribution in [2.75, 3.05) is 6.61 Å². The third kappa shape index (κ3) is 8.28. The molecule has 0 aromatic heterocycles. The lowest BCUT2D eigenvalue weighted by Crippen LogP contribution is -2.38. The number of carbonyl (C=O) groups excluding carboxylic acids is 3. The fraction of sp³-hybridized carbons (Fsp3) is 0.364. The van der Waals surface area contributed by atoms with E-state index in [1.807, 2.05) is 59.7 Å². The minimum absolute atomic E-state index is 0.103. The summed E-state index contributed by atoms with van der Waals surface area (Å²) in [5.74, 6) is -2.09. The van der Waals surface area contributed by atoms with E-state index in [2.05, 4.69) is 0 Å². The standard InChI is InChI=1S/C33H38O6/c1-19-9-20(2)13-27(12-19)31(34)37-18-30(25(7)38-32(35)28-14-21(3)10-22(4)15-28)26(8)39-33(36)29-16-23(5)11-24(6)17-29/h9-17,25-26,30H,18H2,1-8H3. The number of ether oxygens (including phenoxy) is 3. The lowest BCUT2D eigenvalue weighted by Gasteiger charge is -2.29. The van der Waals surface area contributed by atoms with Crippen LogP contribution in [0.25, 0.3) is 0 Å². The molecule has 0 saturated carbocycles. The van der Waals surface area contributed by atoms with Gasteiger partial charge in [-0.2, -0.15) is 0 Å². The molecule has 0 spiro atoms. The van der Waals surface area contributed by atoms with Crippen LogP contribution in [0.5, 0.6) is 0 Å². The van der Waals surface area contributed by atoms with Gasteiger partial charge in [-0.3, -0.25) is 0 Å². The molecule has 0 aliphatic heterocycles. The van der Waals surface area contributed by atoms with Gasteiger partial charge in [0.2, 0.25) is 0 Å². The molecule has 39 heavy (non-hydrogen) atoms. The smallest absolute Gasteiger partial charge is 0.338 e. The number of carbonyl (C=O) groups is 3. The van der Waals surface area contributed by atoms with Crippen molar-refractivity contribution in [2.45, 2.75) is 67.6 Å². The maximum absolute atomic E-state index is 13.0. The Morgan fingerprint density at radius 1 is 0.513 bits per heavy atom. The van der Waals surface area contributed by atoms with Crippen LogP contribution in [0.2, 0.25) is 0 Å². The molecule has 0 aliphatic rings. The molecule has 0 N–H and O–H groups in total. The van der Waals surface area contributed by atoms with E-state index in [1.165, 1.54) is 0 Å². The lowest BCUT2D eigenvalue weighted by atomic mass is 9.98. The molecule has 0 aliphatic carbocycles. The summed E-state index contributed by atoms with van der Waals surface area (Å²) in [6.45, 7) is 14.8. The molecule has 0 radical (unpaired) electrons. The van der Waals surface area contributed by atoms with Gasteiger partial charge in [-0.1, -0.05) is 51.6 Å². The Balaban J connectivity index is 1.81. The average molecular weight is 531 g/mol. The molecular formula is C33H38O6. The zero-order chi connectivity index (χ0) is 28.9. The van der Waals surface area contributed by atoms with Crippen LogP contribution >= 0.6 is 0 Å². The van der Waals surface area contributed by atoms with Crippen molar-refractivity contribution in [1.82, 2.24) is 0 Å². The molecule has 3 aromatic carbocycles. The predicted molar refractivity (Wildman–Crippen MR) is 151 cm³/mol. The van der Waals surface area contributed by atoms with Crippen LogP contribution in [0.1, 0.15) is 78.3 Å². The second-order valence-electron chi connectivity index (χ2n) is 10.6. The molecule has 0 amide bonds. The molecule has 2 atom stereocenters.